The number of rotatable bonds is 2. The number of hydrogen-bond acceptors (Lipinski definition) is 5. The highest BCUT2D eigenvalue weighted by molar-refractivity contribution is 6.04. The van der Waals surface area contributed by atoms with Crippen molar-refractivity contribution in [1.29, 1.82) is 0 Å². The molecule has 0 aromatic heterocycles. The minimum atomic E-state index is -0.984. The van der Waals surface area contributed by atoms with Crippen LogP contribution in [0.1, 0.15) is 22.8 Å². The number of fused-ring (bicyclic) bond motifs is 1. The smallest absolute Gasteiger partial charge is 0.434 e. The van der Waals surface area contributed by atoms with Crippen LogP contribution in [0.15, 0.2) is 23.2 Å². The molecule has 19 heavy (non-hydrogen) atoms. The molecule has 1 aromatic carbocycles. The number of carbonyl (C=O) groups excluding carboxylic acids is 2. The van der Waals surface area contributed by atoms with Gasteiger partial charge in [0.1, 0.15) is 5.84 Å². The first-order valence-corrected chi connectivity index (χ1v) is 5.88. The number of hydrogen-bond donors (Lipinski definition) is 1. The molecule has 1 aliphatic rings. The van der Waals surface area contributed by atoms with Gasteiger partial charge in [0, 0.05) is 19.2 Å². The Balaban J connectivity index is 2.11. The number of benzene rings is 1. The fraction of sp³-hybridized carbons (Fsp3) is 0.308. The zero-order chi connectivity index (χ0) is 13.8. The van der Waals surface area contributed by atoms with E-state index < -0.39 is 12.1 Å². The fourth-order valence-electron chi connectivity index (χ4n) is 1.79. The molecule has 0 atom stereocenters. The third-order valence-corrected chi connectivity index (χ3v) is 2.69. The lowest BCUT2D eigenvalue weighted by molar-refractivity contribution is 0.0401. The van der Waals surface area contributed by atoms with Gasteiger partial charge in [-0.05, 0) is 30.7 Å². The monoisotopic (exact) mass is 262 g/mol. The molecule has 0 amide bonds. The number of aliphatic imine (C=N–C) groups is 1. The Bertz CT molecular complexity index is 552. The summed E-state index contributed by atoms with van der Waals surface area (Å²) in [6.45, 7) is 1.80. The van der Waals surface area contributed by atoms with Gasteiger partial charge in [-0.25, -0.2) is 9.59 Å². The maximum Gasteiger partial charge on any atom is 0.516 e. The summed E-state index contributed by atoms with van der Waals surface area (Å²) in [5.74, 6) is 0.119. The van der Waals surface area contributed by atoms with Crippen LogP contribution >= 0.6 is 0 Å². The third-order valence-electron chi connectivity index (χ3n) is 2.69. The standard InChI is InChI=1S/C13H14N2O4/c1-3-18-13(17)19-12(16)8-4-5-10-9(6-8)7-11(14-2)15-10/h4-6H,3,7H2,1-2H3,(H,14,15). The molecule has 2 rings (SSSR count). The van der Waals surface area contributed by atoms with Crippen molar-refractivity contribution in [3.05, 3.63) is 29.3 Å². The van der Waals surface area contributed by atoms with Gasteiger partial charge in [0.05, 0.1) is 12.2 Å². The summed E-state index contributed by atoms with van der Waals surface area (Å²) >= 11 is 0. The van der Waals surface area contributed by atoms with Crippen molar-refractivity contribution in [2.24, 2.45) is 4.99 Å². The molecule has 6 nitrogen and oxygen atoms in total. The molecule has 1 aliphatic heterocycles. The van der Waals surface area contributed by atoms with Crippen molar-refractivity contribution in [1.82, 2.24) is 0 Å². The highest BCUT2D eigenvalue weighted by atomic mass is 16.7. The Morgan fingerprint density at radius 1 is 1.42 bits per heavy atom. The van der Waals surface area contributed by atoms with Crippen LogP contribution < -0.4 is 5.32 Å². The maximum atomic E-state index is 11.7. The van der Waals surface area contributed by atoms with Crippen LogP contribution in [0.25, 0.3) is 0 Å². The Hall–Kier alpha value is -2.37. The molecule has 0 aliphatic carbocycles. The number of esters is 1. The molecule has 100 valence electrons. The predicted octanol–water partition coefficient (Wildman–Crippen LogP) is 2.00. The van der Waals surface area contributed by atoms with Gasteiger partial charge in [0.15, 0.2) is 0 Å². The molecule has 6 heteroatoms. The van der Waals surface area contributed by atoms with Crippen LogP contribution in [0.3, 0.4) is 0 Å². The predicted molar refractivity (Wildman–Crippen MR) is 69.6 cm³/mol. The Morgan fingerprint density at radius 3 is 2.89 bits per heavy atom. The van der Waals surface area contributed by atoms with Gasteiger partial charge < -0.3 is 14.8 Å². The summed E-state index contributed by atoms with van der Waals surface area (Å²) < 4.78 is 9.09. The second-order valence-electron chi connectivity index (χ2n) is 3.92. The summed E-state index contributed by atoms with van der Waals surface area (Å²) in [4.78, 5) is 26.8. The lowest BCUT2D eigenvalue weighted by Gasteiger charge is -2.04. The first kappa shape index (κ1) is 13.1. The van der Waals surface area contributed by atoms with E-state index in [-0.39, 0.29) is 6.61 Å². The highest BCUT2D eigenvalue weighted by Crippen LogP contribution is 2.24. The molecule has 0 radical (unpaired) electrons. The quantitative estimate of drug-likeness (QED) is 0.651. The first-order valence-electron chi connectivity index (χ1n) is 5.88. The third kappa shape index (κ3) is 2.90. The van der Waals surface area contributed by atoms with E-state index >= 15 is 0 Å². The minimum Gasteiger partial charge on any atom is -0.434 e. The van der Waals surface area contributed by atoms with Gasteiger partial charge >= 0.3 is 12.1 Å². The summed E-state index contributed by atoms with van der Waals surface area (Å²) in [7, 11) is 1.70. The van der Waals surface area contributed by atoms with Gasteiger partial charge in [0.2, 0.25) is 0 Å². The molecule has 0 fully saturated rings. The molecule has 1 heterocycles. The second-order valence-corrected chi connectivity index (χ2v) is 3.92. The largest absolute Gasteiger partial charge is 0.516 e. The topological polar surface area (TPSA) is 77.0 Å². The first-order chi connectivity index (χ1) is 9.13. The van der Waals surface area contributed by atoms with Gasteiger partial charge in [-0.3, -0.25) is 4.99 Å². The molecule has 0 bridgehead atoms. The Morgan fingerprint density at radius 2 is 2.21 bits per heavy atom. The van der Waals surface area contributed by atoms with Crippen molar-refractivity contribution in [2.45, 2.75) is 13.3 Å². The Labute approximate surface area is 110 Å². The van der Waals surface area contributed by atoms with Gasteiger partial charge in [-0.15, -0.1) is 0 Å². The summed E-state index contributed by atoms with van der Waals surface area (Å²) in [5.41, 5.74) is 2.16. The van der Waals surface area contributed by atoms with Crippen LogP contribution in [0, 0.1) is 0 Å². The molecule has 0 unspecified atom stereocenters. The average Bonchev–Trinajstić information content (AvgIpc) is 2.80. The van der Waals surface area contributed by atoms with Crippen molar-refractivity contribution >= 4 is 23.6 Å². The van der Waals surface area contributed by atoms with Gasteiger partial charge in [-0.2, -0.15) is 0 Å². The van der Waals surface area contributed by atoms with E-state index in [1.54, 1.807) is 32.2 Å². The summed E-state index contributed by atoms with van der Waals surface area (Å²) in [6.07, 6.45) is -0.353. The van der Waals surface area contributed by atoms with Crippen LogP contribution in [-0.4, -0.2) is 31.6 Å². The van der Waals surface area contributed by atoms with Crippen molar-refractivity contribution in [3.8, 4) is 0 Å². The average molecular weight is 262 g/mol. The zero-order valence-corrected chi connectivity index (χ0v) is 10.7. The number of anilines is 1. The van der Waals surface area contributed by atoms with Crippen LogP contribution in [0.4, 0.5) is 10.5 Å². The lowest BCUT2D eigenvalue weighted by atomic mass is 10.1. The van der Waals surface area contributed by atoms with E-state index in [1.165, 1.54) is 0 Å². The maximum absolute atomic E-state index is 11.7. The number of nitrogens with zero attached hydrogens (tertiary/aromatic N) is 1. The number of amidine groups is 1. The highest BCUT2D eigenvalue weighted by Gasteiger charge is 2.19. The zero-order valence-electron chi connectivity index (χ0n) is 10.7. The lowest BCUT2D eigenvalue weighted by Crippen LogP contribution is -2.14. The van der Waals surface area contributed by atoms with E-state index in [0.29, 0.717) is 12.0 Å². The van der Waals surface area contributed by atoms with Crippen LogP contribution in [0.5, 0.6) is 0 Å². The second kappa shape index (κ2) is 5.51. The SMILES string of the molecule is CCOC(=O)OC(=O)c1ccc2c(c1)CC(=NC)N2. The molecule has 0 saturated heterocycles. The molecule has 1 aromatic rings. The number of ether oxygens (including phenoxy) is 2. The number of carbonyl (C=O) groups is 2. The van der Waals surface area contributed by atoms with E-state index in [9.17, 15) is 9.59 Å². The van der Waals surface area contributed by atoms with E-state index in [0.717, 1.165) is 17.1 Å². The van der Waals surface area contributed by atoms with Gasteiger partial charge in [-0.1, -0.05) is 0 Å². The van der Waals surface area contributed by atoms with Crippen LogP contribution in [-0.2, 0) is 15.9 Å². The fourth-order valence-corrected chi connectivity index (χ4v) is 1.79. The van der Waals surface area contributed by atoms with E-state index in [4.69, 9.17) is 0 Å². The molecular weight excluding hydrogens is 248 g/mol. The summed E-state index contributed by atoms with van der Waals surface area (Å²) in [5, 5.41) is 3.12. The van der Waals surface area contributed by atoms with E-state index in [2.05, 4.69) is 19.8 Å². The minimum absolute atomic E-state index is 0.163. The molecule has 0 saturated carbocycles. The van der Waals surface area contributed by atoms with Crippen LogP contribution in [0.2, 0.25) is 0 Å². The van der Waals surface area contributed by atoms with Crippen molar-refractivity contribution in [3.63, 3.8) is 0 Å². The number of nitrogens with one attached hydrogen (secondary N) is 1. The van der Waals surface area contributed by atoms with Crippen molar-refractivity contribution < 1.29 is 19.1 Å². The van der Waals surface area contributed by atoms with Gasteiger partial charge in [0.25, 0.3) is 0 Å². The summed E-state index contributed by atoms with van der Waals surface area (Å²) in [6, 6.07) is 5.03. The van der Waals surface area contributed by atoms with Crippen molar-refractivity contribution in [2.75, 3.05) is 19.0 Å². The van der Waals surface area contributed by atoms with E-state index in [1.807, 2.05) is 0 Å². The molecule has 1 N–H and O–H groups in total. The normalized spacial score (nSPS) is 14.7. The molecular formula is C13H14N2O4. The Kier molecular flexibility index (Phi) is 3.79. The molecule has 0 spiro atoms.